The van der Waals surface area contributed by atoms with Gasteiger partial charge in [0.15, 0.2) is 5.78 Å². The van der Waals surface area contributed by atoms with Crippen LogP contribution in [-0.4, -0.2) is 18.9 Å². The second-order valence-electron chi connectivity index (χ2n) is 3.82. The van der Waals surface area contributed by atoms with Crippen molar-refractivity contribution in [2.24, 2.45) is 5.92 Å². The summed E-state index contributed by atoms with van der Waals surface area (Å²) in [6.45, 7) is 1.82. The number of nitrogens with one attached hydrogen (secondary N) is 1. The molecule has 1 N–H and O–H groups in total. The van der Waals surface area contributed by atoms with E-state index in [0.29, 0.717) is 11.7 Å². The average Bonchev–Trinajstić information content (AvgIpc) is 2.72. The fraction of sp³-hybridized carbons (Fsp3) is 0.364. The van der Waals surface area contributed by atoms with E-state index in [1.807, 2.05) is 18.2 Å². The fourth-order valence-electron chi connectivity index (χ4n) is 2.53. The zero-order chi connectivity index (χ0) is 8.84. The van der Waals surface area contributed by atoms with Crippen LogP contribution in [0, 0.1) is 5.92 Å². The van der Waals surface area contributed by atoms with Crippen molar-refractivity contribution in [1.82, 2.24) is 5.32 Å². The Kier molecular flexibility index (Phi) is 1.35. The standard InChI is InChI=1S/C11H11NO/c13-11-8-4-2-1-3-7(8)9-5-12-6-10(9)11/h1-4,9-10,12H,5-6H2/t9-,10-/m1/s1. The van der Waals surface area contributed by atoms with Crippen LogP contribution in [0.25, 0.3) is 0 Å². The lowest BCUT2D eigenvalue weighted by molar-refractivity contribution is 0.0940. The van der Waals surface area contributed by atoms with Gasteiger partial charge in [-0.1, -0.05) is 24.3 Å². The molecule has 1 saturated heterocycles. The zero-order valence-electron chi connectivity index (χ0n) is 7.29. The molecule has 1 aliphatic carbocycles. The highest BCUT2D eigenvalue weighted by Gasteiger charge is 2.41. The van der Waals surface area contributed by atoms with Gasteiger partial charge in [0.25, 0.3) is 0 Å². The molecule has 2 nitrogen and oxygen atoms in total. The van der Waals surface area contributed by atoms with Crippen LogP contribution >= 0.6 is 0 Å². The van der Waals surface area contributed by atoms with E-state index in [2.05, 4.69) is 11.4 Å². The summed E-state index contributed by atoms with van der Waals surface area (Å²) in [6, 6.07) is 8.01. The number of fused-ring (bicyclic) bond motifs is 3. The maximum atomic E-state index is 11.8. The van der Waals surface area contributed by atoms with Crippen LogP contribution in [0.5, 0.6) is 0 Å². The second-order valence-corrected chi connectivity index (χ2v) is 3.82. The van der Waals surface area contributed by atoms with Crippen molar-refractivity contribution in [2.75, 3.05) is 13.1 Å². The SMILES string of the molecule is O=C1c2ccccc2[C@H]2CNC[C@@H]12. The normalized spacial score (nSPS) is 30.3. The molecule has 2 heteroatoms. The van der Waals surface area contributed by atoms with Gasteiger partial charge in [0, 0.05) is 30.5 Å². The number of rotatable bonds is 0. The summed E-state index contributed by atoms with van der Waals surface area (Å²) in [6.07, 6.45) is 0. The minimum absolute atomic E-state index is 0.220. The predicted octanol–water partition coefficient (Wildman–Crippen LogP) is 1.19. The molecule has 0 unspecified atom stereocenters. The van der Waals surface area contributed by atoms with Gasteiger partial charge in [-0.15, -0.1) is 0 Å². The first-order chi connectivity index (χ1) is 6.38. The van der Waals surface area contributed by atoms with Crippen molar-refractivity contribution in [3.63, 3.8) is 0 Å². The monoisotopic (exact) mass is 173 g/mol. The van der Waals surface area contributed by atoms with Crippen LogP contribution in [0.2, 0.25) is 0 Å². The molecule has 1 aromatic rings. The first-order valence-corrected chi connectivity index (χ1v) is 4.72. The molecule has 66 valence electrons. The van der Waals surface area contributed by atoms with Crippen molar-refractivity contribution in [3.05, 3.63) is 35.4 Å². The largest absolute Gasteiger partial charge is 0.315 e. The average molecular weight is 173 g/mol. The molecule has 0 aromatic heterocycles. The third-order valence-corrected chi connectivity index (χ3v) is 3.18. The quantitative estimate of drug-likeness (QED) is 0.638. The van der Waals surface area contributed by atoms with Crippen molar-refractivity contribution in [1.29, 1.82) is 0 Å². The smallest absolute Gasteiger partial charge is 0.168 e. The molecule has 1 fully saturated rings. The van der Waals surface area contributed by atoms with Crippen LogP contribution in [0.1, 0.15) is 21.8 Å². The van der Waals surface area contributed by atoms with E-state index in [4.69, 9.17) is 0 Å². The molecule has 3 rings (SSSR count). The molecule has 13 heavy (non-hydrogen) atoms. The highest BCUT2D eigenvalue weighted by Crippen LogP contribution is 2.39. The molecular weight excluding hydrogens is 162 g/mol. The van der Waals surface area contributed by atoms with E-state index in [1.54, 1.807) is 0 Å². The minimum Gasteiger partial charge on any atom is -0.315 e. The lowest BCUT2D eigenvalue weighted by atomic mass is 9.96. The summed E-state index contributed by atoms with van der Waals surface area (Å²) in [5.74, 6) is 1.01. The summed E-state index contributed by atoms with van der Waals surface area (Å²) >= 11 is 0. The maximum Gasteiger partial charge on any atom is 0.168 e. The number of carbonyl (C=O) groups is 1. The van der Waals surface area contributed by atoms with Crippen LogP contribution in [0.4, 0.5) is 0 Å². The lowest BCUT2D eigenvalue weighted by Crippen LogP contribution is -2.15. The number of benzene rings is 1. The van der Waals surface area contributed by atoms with E-state index < -0.39 is 0 Å². The van der Waals surface area contributed by atoms with E-state index in [-0.39, 0.29) is 5.92 Å². The van der Waals surface area contributed by atoms with Gasteiger partial charge in [-0.2, -0.15) is 0 Å². The van der Waals surface area contributed by atoms with E-state index >= 15 is 0 Å². The summed E-state index contributed by atoms with van der Waals surface area (Å²) in [5.41, 5.74) is 2.21. The number of Topliss-reactive ketones (excluding diaryl/α,β-unsaturated/α-hetero) is 1. The third-order valence-electron chi connectivity index (χ3n) is 3.18. The molecule has 0 spiro atoms. The Morgan fingerprint density at radius 2 is 1.92 bits per heavy atom. The van der Waals surface area contributed by atoms with Gasteiger partial charge in [0.05, 0.1) is 0 Å². The summed E-state index contributed by atoms with van der Waals surface area (Å²) < 4.78 is 0. The van der Waals surface area contributed by atoms with Crippen molar-refractivity contribution < 1.29 is 4.79 Å². The van der Waals surface area contributed by atoms with E-state index in [9.17, 15) is 4.79 Å². The summed E-state index contributed by atoms with van der Waals surface area (Å²) in [4.78, 5) is 11.8. The lowest BCUT2D eigenvalue weighted by Gasteiger charge is -2.05. The highest BCUT2D eigenvalue weighted by molar-refractivity contribution is 6.03. The molecule has 2 aliphatic rings. The van der Waals surface area contributed by atoms with Gasteiger partial charge in [-0.05, 0) is 5.56 Å². The highest BCUT2D eigenvalue weighted by atomic mass is 16.1. The first-order valence-electron chi connectivity index (χ1n) is 4.72. The first kappa shape index (κ1) is 7.27. The Labute approximate surface area is 77.0 Å². The zero-order valence-corrected chi connectivity index (χ0v) is 7.29. The predicted molar refractivity (Wildman–Crippen MR) is 49.9 cm³/mol. The Morgan fingerprint density at radius 1 is 1.15 bits per heavy atom. The molecule has 0 radical (unpaired) electrons. The van der Waals surface area contributed by atoms with Crippen LogP contribution in [0.3, 0.4) is 0 Å². The Hall–Kier alpha value is -1.15. The summed E-state index contributed by atoms with van der Waals surface area (Å²) in [7, 11) is 0. The molecule has 0 bridgehead atoms. The van der Waals surface area contributed by atoms with Crippen molar-refractivity contribution >= 4 is 5.78 Å². The number of carbonyl (C=O) groups excluding carboxylic acids is 1. The molecular formula is C11H11NO. The fourth-order valence-corrected chi connectivity index (χ4v) is 2.53. The molecule has 0 amide bonds. The number of hydrogen-bond acceptors (Lipinski definition) is 2. The van der Waals surface area contributed by atoms with Gasteiger partial charge in [-0.25, -0.2) is 0 Å². The Balaban J connectivity index is 2.19. The second kappa shape index (κ2) is 2.42. The van der Waals surface area contributed by atoms with Crippen LogP contribution in [-0.2, 0) is 0 Å². The Bertz CT molecular complexity index is 372. The molecule has 1 aromatic carbocycles. The van der Waals surface area contributed by atoms with Crippen LogP contribution in [0.15, 0.2) is 24.3 Å². The van der Waals surface area contributed by atoms with Crippen LogP contribution < -0.4 is 5.32 Å². The van der Waals surface area contributed by atoms with Crippen molar-refractivity contribution in [2.45, 2.75) is 5.92 Å². The molecule has 0 saturated carbocycles. The van der Waals surface area contributed by atoms with Gasteiger partial charge < -0.3 is 5.32 Å². The molecule has 2 atom stereocenters. The third kappa shape index (κ3) is 0.838. The minimum atomic E-state index is 0.220. The van der Waals surface area contributed by atoms with Gasteiger partial charge in [-0.3, -0.25) is 4.79 Å². The van der Waals surface area contributed by atoms with E-state index in [1.165, 1.54) is 5.56 Å². The maximum absolute atomic E-state index is 11.8. The topological polar surface area (TPSA) is 29.1 Å². The van der Waals surface area contributed by atoms with Gasteiger partial charge in [0.1, 0.15) is 0 Å². The molecule has 1 heterocycles. The van der Waals surface area contributed by atoms with Gasteiger partial charge in [0.2, 0.25) is 0 Å². The number of hydrogen-bond donors (Lipinski definition) is 1. The van der Waals surface area contributed by atoms with E-state index in [0.717, 1.165) is 18.7 Å². The molecule has 1 aliphatic heterocycles. The van der Waals surface area contributed by atoms with Crippen molar-refractivity contribution in [3.8, 4) is 0 Å². The number of ketones is 1. The Morgan fingerprint density at radius 3 is 2.85 bits per heavy atom. The summed E-state index contributed by atoms with van der Waals surface area (Å²) in [5, 5.41) is 3.27. The van der Waals surface area contributed by atoms with Gasteiger partial charge >= 0.3 is 0 Å².